The number of amides is 1. The zero-order valence-electron chi connectivity index (χ0n) is 13.9. The lowest BCUT2D eigenvalue weighted by Crippen LogP contribution is -2.33. The van der Waals surface area contributed by atoms with Crippen LogP contribution >= 0.6 is 11.6 Å². The lowest BCUT2D eigenvalue weighted by Gasteiger charge is -2.18. The molecule has 2 aromatic carbocycles. The maximum absolute atomic E-state index is 12.1. The third-order valence-corrected chi connectivity index (χ3v) is 3.80. The number of carbonyl (C=O) groups excluding carboxylic acids is 2. The summed E-state index contributed by atoms with van der Waals surface area (Å²) in [5.74, 6) is -0.717. The summed E-state index contributed by atoms with van der Waals surface area (Å²) in [6.45, 7) is 0.247. The van der Waals surface area contributed by atoms with Gasteiger partial charge in [-0.05, 0) is 23.3 Å². The first-order chi connectivity index (χ1) is 12.1. The summed E-state index contributed by atoms with van der Waals surface area (Å²) in [4.78, 5) is 23.8. The Kier molecular flexibility index (Phi) is 7.44. The number of hydrogen-bond donors (Lipinski definition) is 1. The quantitative estimate of drug-likeness (QED) is 0.733. The molecule has 2 aromatic rings. The van der Waals surface area contributed by atoms with Crippen LogP contribution in [-0.2, 0) is 25.7 Å². The van der Waals surface area contributed by atoms with E-state index in [4.69, 9.17) is 21.1 Å². The van der Waals surface area contributed by atoms with Gasteiger partial charge < -0.3 is 14.8 Å². The largest absolute Gasteiger partial charge is 0.469 e. The molecule has 0 heterocycles. The lowest BCUT2D eigenvalue weighted by molar-refractivity contribution is -0.141. The number of ether oxygens (including phenoxy) is 2. The number of benzene rings is 2. The summed E-state index contributed by atoms with van der Waals surface area (Å²) in [6.07, 6.45) is 0.0303. The van der Waals surface area contributed by atoms with Crippen LogP contribution < -0.4 is 5.32 Å². The number of rotatable bonds is 8. The first-order valence-corrected chi connectivity index (χ1v) is 8.19. The molecule has 0 aliphatic carbocycles. The Balaban J connectivity index is 1.92. The fourth-order valence-electron chi connectivity index (χ4n) is 2.27. The van der Waals surface area contributed by atoms with Gasteiger partial charge in [0, 0.05) is 5.02 Å². The van der Waals surface area contributed by atoms with Crippen LogP contribution in [0.25, 0.3) is 0 Å². The molecule has 132 valence electrons. The second-order valence-corrected chi connectivity index (χ2v) is 5.87. The zero-order chi connectivity index (χ0) is 18.1. The van der Waals surface area contributed by atoms with Crippen LogP contribution in [0, 0.1) is 0 Å². The number of esters is 1. The predicted molar refractivity (Wildman–Crippen MR) is 95.1 cm³/mol. The third-order valence-electron chi connectivity index (χ3n) is 3.55. The molecule has 1 unspecified atom stereocenters. The van der Waals surface area contributed by atoms with Gasteiger partial charge in [-0.15, -0.1) is 0 Å². The van der Waals surface area contributed by atoms with Crippen molar-refractivity contribution in [2.75, 3.05) is 13.7 Å². The van der Waals surface area contributed by atoms with Crippen LogP contribution in [-0.4, -0.2) is 25.6 Å². The first kappa shape index (κ1) is 19.0. The second kappa shape index (κ2) is 9.81. The zero-order valence-corrected chi connectivity index (χ0v) is 14.7. The van der Waals surface area contributed by atoms with E-state index >= 15 is 0 Å². The molecule has 1 N–H and O–H groups in total. The molecule has 6 heteroatoms. The summed E-state index contributed by atoms with van der Waals surface area (Å²) in [5.41, 5.74) is 1.75. The molecule has 5 nitrogen and oxygen atoms in total. The topological polar surface area (TPSA) is 64.6 Å². The minimum Gasteiger partial charge on any atom is -0.469 e. The minimum atomic E-state index is -0.502. The van der Waals surface area contributed by atoms with Crippen LogP contribution in [0.2, 0.25) is 5.02 Å². The summed E-state index contributed by atoms with van der Waals surface area (Å²) in [6, 6.07) is 16.0. The molecule has 0 radical (unpaired) electrons. The van der Waals surface area contributed by atoms with Crippen molar-refractivity contribution in [3.63, 3.8) is 0 Å². The van der Waals surface area contributed by atoms with E-state index < -0.39 is 12.0 Å². The smallest absolute Gasteiger partial charge is 0.307 e. The average molecular weight is 362 g/mol. The first-order valence-electron chi connectivity index (χ1n) is 7.82. The van der Waals surface area contributed by atoms with E-state index in [-0.39, 0.29) is 18.9 Å². The summed E-state index contributed by atoms with van der Waals surface area (Å²) in [5, 5.41) is 3.38. The van der Waals surface area contributed by atoms with Crippen LogP contribution in [0.1, 0.15) is 23.6 Å². The molecule has 0 aliphatic heterocycles. The fourth-order valence-corrected chi connectivity index (χ4v) is 2.40. The van der Waals surface area contributed by atoms with E-state index in [9.17, 15) is 9.59 Å². The van der Waals surface area contributed by atoms with Crippen LogP contribution in [0.15, 0.2) is 54.6 Å². The van der Waals surface area contributed by atoms with Crippen molar-refractivity contribution in [1.29, 1.82) is 0 Å². The van der Waals surface area contributed by atoms with Crippen molar-refractivity contribution >= 4 is 23.5 Å². The van der Waals surface area contributed by atoms with Gasteiger partial charge in [0.2, 0.25) is 5.91 Å². The Bertz CT molecular complexity index is 688. The van der Waals surface area contributed by atoms with Crippen LogP contribution in [0.3, 0.4) is 0 Å². The fraction of sp³-hybridized carbons (Fsp3) is 0.263. The monoisotopic (exact) mass is 361 g/mol. The Morgan fingerprint density at radius 1 is 1.08 bits per heavy atom. The Morgan fingerprint density at radius 2 is 1.76 bits per heavy atom. The maximum atomic E-state index is 12.1. The summed E-state index contributed by atoms with van der Waals surface area (Å²) in [7, 11) is 1.31. The van der Waals surface area contributed by atoms with Gasteiger partial charge in [0.25, 0.3) is 0 Å². The molecular formula is C19H20ClNO4. The number of halogens is 1. The summed E-state index contributed by atoms with van der Waals surface area (Å²) < 4.78 is 10.1. The van der Waals surface area contributed by atoms with E-state index in [1.54, 1.807) is 24.3 Å². The Hall–Kier alpha value is -2.37. The maximum Gasteiger partial charge on any atom is 0.307 e. The average Bonchev–Trinajstić information content (AvgIpc) is 2.62. The summed E-state index contributed by atoms with van der Waals surface area (Å²) >= 11 is 5.88. The molecule has 1 atom stereocenters. The van der Waals surface area contributed by atoms with Crippen molar-refractivity contribution in [2.45, 2.75) is 19.1 Å². The van der Waals surface area contributed by atoms with E-state index in [1.165, 1.54) is 7.11 Å². The highest BCUT2D eigenvalue weighted by Crippen LogP contribution is 2.20. The van der Waals surface area contributed by atoms with Gasteiger partial charge in [0.05, 0.1) is 26.2 Å². The number of nitrogens with one attached hydrogen (secondary N) is 1. The molecule has 0 saturated heterocycles. The van der Waals surface area contributed by atoms with Crippen molar-refractivity contribution in [3.05, 3.63) is 70.7 Å². The van der Waals surface area contributed by atoms with E-state index in [0.717, 1.165) is 11.1 Å². The number of carbonyl (C=O) groups is 2. The van der Waals surface area contributed by atoms with Gasteiger partial charge >= 0.3 is 5.97 Å². The lowest BCUT2D eigenvalue weighted by atomic mass is 10.0. The third kappa shape index (κ3) is 6.57. The van der Waals surface area contributed by atoms with Gasteiger partial charge in [-0.2, -0.15) is 0 Å². The number of hydrogen-bond acceptors (Lipinski definition) is 4. The van der Waals surface area contributed by atoms with Gasteiger partial charge in [-0.25, -0.2) is 0 Å². The van der Waals surface area contributed by atoms with Crippen molar-refractivity contribution < 1.29 is 19.1 Å². The SMILES string of the molecule is COC(=O)CC(NC(=O)COCc1ccccc1)c1ccc(Cl)cc1. The highest BCUT2D eigenvalue weighted by molar-refractivity contribution is 6.30. The molecule has 2 rings (SSSR count). The second-order valence-electron chi connectivity index (χ2n) is 5.43. The highest BCUT2D eigenvalue weighted by atomic mass is 35.5. The van der Waals surface area contributed by atoms with Gasteiger partial charge in [0.1, 0.15) is 6.61 Å². The van der Waals surface area contributed by atoms with Gasteiger partial charge in [-0.1, -0.05) is 54.1 Å². The highest BCUT2D eigenvalue weighted by Gasteiger charge is 2.19. The van der Waals surface area contributed by atoms with Crippen LogP contribution in [0.4, 0.5) is 0 Å². The normalized spacial score (nSPS) is 11.6. The van der Waals surface area contributed by atoms with Crippen molar-refractivity contribution in [3.8, 4) is 0 Å². The van der Waals surface area contributed by atoms with E-state index in [1.807, 2.05) is 30.3 Å². The Morgan fingerprint density at radius 3 is 2.40 bits per heavy atom. The van der Waals surface area contributed by atoms with Crippen LogP contribution in [0.5, 0.6) is 0 Å². The molecular weight excluding hydrogens is 342 g/mol. The molecule has 0 spiro atoms. The molecule has 0 aliphatic rings. The van der Waals surface area contributed by atoms with Gasteiger partial charge in [0.15, 0.2) is 0 Å². The molecule has 0 saturated carbocycles. The minimum absolute atomic E-state index is 0.0303. The standard InChI is InChI=1S/C19H20ClNO4/c1-24-19(23)11-17(15-7-9-16(20)10-8-15)21-18(22)13-25-12-14-5-3-2-4-6-14/h2-10,17H,11-13H2,1H3,(H,21,22). The van der Waals surface area contributed by atoms with E-state index in [0.29, 0.717) is 11.6 Å². The molecule has 1 amide bonds. The Labute approximate surface area is 151 Å². The van der Waals surface area contributed by atoms with Gasteiger partial charge in [-0.3, -0.25) is 9.59 Å². The molecule has 0 bridgehead atoms. The van der Waals surface area contributed by atoms with Crippen molar-refractivity contribution in [1.82, 2.24) is 5.32 Å². The molecule has 0 aromatic heterocycles. The molecule has 0 fully saturated rings. The number of methoxy groups -OCH3 is 1. The van der Waals surface area contributed by atoms with Crippen molar-refractivity contribution in [2.24, 2.45) is 0 Å². The van der Waals surface area contributed by atoms with E-state index in [2.05, 4.69) is 5.32 Å². The molecule has 25 heavy (non-hydrogen) atoms. The predicted octanol–water partition coefficient (Wildman–Crippen LogP) is 3.28.